The first kappa shape index (κ1) is 19.4. The maximum absolute atomic E-state index is 13.6. The normalized spacial score (nSPS) is 13.9. The summed E-state index contributed by atoms with van der Waals surface area (Å²) in [6, 6.07) is 16.0. The molecule has 0 radical (unpaired) electrons. The van der Waals surface area contributed by atoms with Crippen molar-refractivity contribution in [3.8, 4) is 0 Å². The van der Waals surface area contributed by atoms with Crippen molar-refractivity contribution >= 4 is 23.1 Å². The highest BCUT2D eigenvalue weighted by Gasteiger charge is 2.39. The van der Waals surface area contributed by atoms with Gasteiger partial charge in [0.05, 0.1) is 12.1 Å². The highest BCUT2D eigenvalue weighted by atomic mass is 19.1. The SMILES string of the molecule is O=C1C(Nc2cccc(F)c2)=C(c2ccc(F)cc2)C(=O)N1Cc1ccc(F)cc1. The van der Waals surface area contributed by atoms with E-state index in [9.17, 15) is 22.8 Å². The average molecular weight is 408 g/mol. The van der Waals surface area contributed by atoms with Crippen molar-refractivity contribution in [3.05, 3.63) is 107 Å². The Bertz CT molecular complexity index is 1160. The van der Waals surface area contributed by atoms with Crippen LogP contribution in [0.5, 0.6) is 0 Å². The molecule has 0 saturated carbocycles. The lowest BCUT2D eigenvalue weighted by atomic mass is 10.0. The molecule has 3 aromatic carbocycles. The van der Waals surface area contributed by atoms with Crippen molar-refractivity contribution in [1.82, 2.24) is 4.90 Å². The van der Waals surface area contributed by atoms with E-state index < -0.39 is 29.3 Å². The molecular weight excluding hydrogens is 393 g/mol. The Morgan fingerprint density at radius 2 is 1.37 bits per heavy atom. The summed E-state index contributed by atoms with van der Waals surface area (Å²) in [5.74, 6) is -2.64. The van der Waals surface area contributed by atoms with Crippen LogP contribution in [0.3, 0.4) is 0 Å². The van der Waals surface area contributed by atoms with E-state index in [-0.39, 0.29) is 23.5 Å². The molecule has 1 heterocycles. The van der Waals surface area contributed by atoms with Crippen LogP contribution in [-0.2, 0) is 16.1 Å². The van der Waals surface area contributed by atoms with Crippen molar-refractivity contribution in [2.45, 2.75) is 6.54 Å². The number of nitrogens with zero attached hydrogens (tertiary/aromatic N) is 1. The fraction of sp³-hybridized carbons (Fsp3) is 0.0435. The van der Waals surface area contributed by atoms with E-state index in [0.29, 0.717) is 11.1 Å². The van der Waals surface area contributed by atoms with Crippen LogP contribution in [0.4, 0.5) is 18.9 Å². The summed E-state index contributed by atoms with van der Waals surface area (Å²) in [5.41, 5.74) is 1.19. The van der Waals surface area contributed by atoms with E-state index in [2.05, 4.69) is 5.32 Å². The van der Waals surface area contributed by atoms with Crippen molar-refractivity contribution in [2.24, 2.45) is 0 Å². The Morgan fingerprint density at radius 1 is 0.733 bits per heavy atom. The zero-order valence-corrected chi connectivity index (χ0v) is 15.5. The molecule has 2 amide bonds. The summed E-state index contributed by atoms with van der Waals surface area (Å²) in [6.45, 7) is -0.0724. The van der Waals surface area contributed by atoms with E-state index in [4.69, 9.17) is 0 Å². The molecule has 4 nitrogen and oxygen atoms in total. The maximum Gasteiger partial charge on any atom is 0.278 e. The van der Waals surface area contributed by atoms with Crippen molar-refractivity contribution in [3.63, 3.8) is 0 Å². The molecule has 0 bridgehead atoms. The van der Waals surface area contributed by atoms with Crippen LogP contribution in [-0.4, -0.2) is 16.7 Å². The van der Waals surface area contributed by atoms with Gasteiger partial charge in [-0.05, 0) is 53.6 Å². The summed E-state index contributed by atoms with van der Waals surface area (Å²) >= 11 is 0. The van der Waals surface area contributed by atoms with E-state index in [0.717, 1.165) is 4.90 Å². The zero-order chi connectivity index (χ0) is 21.3. The molecule has 0 spiro atoms. The Kier molecular flexibility index (Phi) is 5.10. The number of hydrogen-bond donors (Lipinski definition) is 1. The van der Waals surface area contributed by atoms with Gasteiger partial charge in [0.15, 0.2) is 0 Å². The molecule has 4 rings (SSSR count). The number of benzene rings is 3. The molecule has 0 atom stereocenters. The monoisotopic (exact) mass is 408 g/mol. The maximum atomic E-state index is 13.6. The Morgan fingerprint density at radius 3 is 2.00 bits per heavy atom. The number of carbonyl (C=O) groups is 2. The third kappa shape index (κ3) is 3.82. The van der Waals surface area contributed by atoms with Crippen LogP contribution in [0.1, 0.15) is 11.1 Å². The zero-order valence-electron chi connectivity index (χ0n) is 15.5. The van der Waals surface area contributed by atoms with Gasteiger partial charge >= 0.3 is 0 Å². The third-order valence-corrected chi connectivity index (χ3v) is 4.65. The molecule has 7 heteroatoms. The van der Waals surface area contributed by atoms with Gasteiger partial charge < -0.3 is 5.32 Å². The number of amides is 2. The fourth-order valence-electron chi connectivity index (χ4n) is 3.20. The predicted octanol–water partition coefficient (Wildman–Crippen LogP) is 4.50. The smallest absolute Gasteiger partial charge is 0.278 e. The Labute approximate surface area is 170 Å². The molecule has 0 aromatic heterocycles. The molecule has 30 heavy (non-hydrogen) atoms. The van der Waals surface area contributed by atoms with Gasteiger partial charge in [-0.15, -0.1) is 0 Å². The standard InChI is InChI=1S/C23H15F3N2O2/c24-16-8-4-14(5-9-16)13-28-22(29)20(15-6-10-17(25)11-7-15)21(23(28)30)27-19-3-1-2-18(26)12-19/h1-12,27H,13H2. The Balaban J connectivity index is 1.73. The van der Waals surface area contributed by atoms with E-state index >= 15 is 0 Å². The minimum absolute atomic E-state index is 0.0423. The van der Waals surface area contributed by atoms with Crippen molar-refractivity contribution < 1.29 is 22.8 Å². The number of hydrogen-bond acceptors (Lipinski definition) is 3. The first-order chi connectivity index (χ1) is 14.4. The summed E-state index contributed by atoms with van der Waals surface area (Å²) in [6.07, 6.45) is 0. The fourth-order valence-corrected chi connectivity index (χ4v) is 3.20. The molecule has 0 unspecified atom stereocenters. The van der Waals surface area contributed by atoms with Gasteiger partial charge in [0, 0.05) is 5.69 Å². The van der Waals surface area contributed by atoms with Crippen LogP contribution >= 0.6 is 0 Å². The quantitative estimate of drug-likeness (QED) is 0.633. The summed E-state index contributed by atoms with van der Waals surface area (Å²) < 4.78 is 40.1. The predicted molar refractivity (Wildman–Crippen MR) is 105 cm³/mol. The van der Waals surface area contributed by atoms with Crippen molar-refractivity contribution in [1.29, 1.82) is 0 Å². The van der Waals surface area contributed by atoms with Crippen LogP contribution in [0.25, 0.3) is 5.57 Å². The van der Waals surface area contributed by atoms with E-state index in [1.165, 1.54) is 66.7 Å². The second-order valence-electron chi connectivity index (χ2n) is 6.72. The minimum atomic E-state index is -0.618. The number of imide groups is 1. The molecule has 1 aliphatic rings. The van der Waals surface area contributed by atoms with Gasteiger partial charge in [-0.2, -0.15) is 0 Å². The van der Waals surface area contributed by atoms with Gasteiger partial charge in [0.2, 0.25) is 0 Å². The molecule has 3 aromatic rings. The molecular formula is C23H15F3N2O2. The Hall–Kier alpha value is -3.87. The van der Waals surface area contributed by atoms with Crippen LogP contribution < -0.4 is 5.32 Å². The third-order valence-electron chi connectivity index (χ3n) is 4.65. The lowest BCUT2D eigenvalue weighted by Crippen LogP contribution is -2.32. The van der Waals surface area contributed by atoms with Gasteiger partial charge in [0.25, 0.3) is 11.8 Å². The molecule has 0 aliphatic carbocycles. The van der Waals surface area contributed by atoms with Gasteiger partial charge in [-0.1, -0.05) is 30.3 Å². The lowest BCUT2D eigenvalue weighted by molar-refractivity contribution is -0.137. The molecule has 1 aliphatic heterocycles. The van der Waals surface area contributed by atoms with Crippen LogP contribution in [0.2, 0.25) is 0 Å². The summed E-state index contributed by atoms with van der Waals surface area (Å²) in [7, 11) is 0. The molecule has 0 saturated heterocycles. The molecule has 1 N–H and O–H groups in total. The topological polar surface area (TPSA) is 49.4 Å². The first-order valence-electron chi connectivity index (χ1n) is 9.06. The largest absolute Gasteiger partial charge is 0.350 e. The van der Waals surface area contributed by atoms with E-state index in [1.807, 2.05) is 0 Å². The van der Waals surface area contributed by atoms with E-state index in [1.54, 1.807) is 6.07 Å². The number of nitrogens with one attached hydrogen (secondary N) is 1. The summed E-state index contributed by atoms with van der Waals surface area (Å²) in [5, 5.41) is 2.82. The average Bonchev–Trinajstić information content (AvgIpc) is 2.95. The number of anilines is 1. The van der Waals surface area contributed by atoms with Crippen LogP contribution in [0, 0.1) is 17.5 Å². The lowest BCUT2D eigenvalue weighted by Gasteiger charge is -2.15. The second kappa shape index (κ2) is 7.87. The second-order valence-corrected chi connectivity index (χ2v) is 6.72. The number of carbonyl (C=O) groups excluding carboxylic acids is 2. The van der Waals surface area contributed by atoms with Gasteiger partial charge in [-0.25, -0.2) is 13.2 Å². The number of rotatable bonds is 5. The van der Waals surface area contributed by atoms with Crippen LogP contribution in [0.15, 0.2) is 78.5 Å². The molecule has 150 valence electrons. The highest BCUT2D eigenvalue weighted by molar-refractivity contribution is 6.36. The number of halogens is 3. The van der Waals surface area contributed by atoms with Gasteiger partial charge in [-0.3, -0.25) is 14.5 Å². The summed E-state index contributed by atoms with van der Waals surface area (Å²) in [4.78, 5) is 27.2. The highest BCUT2D eigenvalue weighted by Crippen LogP contribution is 2.31. The van der Waals surface area contributed by atoms with Crippen molar-refractivity contribution in [2.75, 3.05) is 5.32 Å². The van der Waals surface area contributed by atoms with Gasteiger partial charge in [0.1, 0.15) is 23.1 Å². The first-order valence-corrected chi connectivity index (χ1v) is 9.06. The minimum Gasteiger partial charge on any atom is -0.350 e. The molecule has 0 fully saturated rings.